The molecule has 0 spiro atoms. The number of rotatable bonds is 7. The van der Waals surface area contributed by atoms with E-state index in [9.17, 15) is 9.59 Å². The molecule has 6 nitrogen and oxygen atoms in total. The largest absolute Gasteiger partial charge is 0.495 e. The minimum atomic E-state index is -0.322. The van der Waals surface area contributed by atoms with E-state index in [4.69, 9.17) is 16.3 Å². The second kappa shape index (κ2) is 9.43. The lowest BCUT2D eigenvalue weighted by atomic mass is 10.2. The fourth-order valence-electron chi connectivity index (χ4n) is 2.51. The first-order chi connectivity index (χ1) is 13.5. The average molecular weight is 416 g/mol. The molecule has 0 saturated carbocycles. The van der Waals surface area contributed by atoms with Crippen LogP contribution in [-0.4, -0.2) is 23.0 Å². The fraction of sp³-hybridized carbons (Fsp3) is 0.150. The number of carbonyl (C=O) groups is 1. The highest BCUT2D eigenvalue weighted by Crippen LogP contribution is 2.27. The van der Waals surface area contributed by atoms with Crippen LogP contribution in [0.5, 0.6) is 5.75 Å². The van der Waals surface area contributed by atoms with Crippen molar-refractivity contribution in [2.75, 3.05) is 12.4 Å². The molecule has 144 valence electrons. The first-order valence-electron chi connectivity index (χ1n) is 8.44. The maximum atomic E-state index is 12.4. The van der Waals surface area contributed by atoms with E-state index in [-0.39, 0.29) is 17.9 Å². The summed E-state index contributed by atoms with van der Waals surface area (Å²) >= 11 is 7.38. The van der Waals surface area contributed by atoms with Crippen molar-refractivity contribution in [3.63, 3.8) is 0 Å². The van der Waals surface area contributed by atoms with Crippen LogP contribution in [0.4, 0.5) is 5.69 Å². The van der Waals surface area contributed by atoms with E-state index >= 15 is 0 Å². The van der Waals surface area contributed by atoms with Gasteiger partial charge in [0.25, 0.3) is 5.56 Å². The van der Waals surface area contributed by atoms with Crippen molar-refractivity contribution >= 4 is 35.0 Å². The standard InChI is InChI=1S/C20H18ClN3O3S/c1-27-17-8-7-14(21)9-16(17)23-18(25)10-15-11-19(26)24-20(22-15)28-12-13-5-3-2-4-6-13/h2-9,11H,10,12H2,1H3,(H,23,25)(H,22,24,26). The maximum Gasteiger partial charge on any atom is 0.251 e. The lowest BCUT2D eigenvalue weighted by molar-refractivity contribution is -0.115. The number of ether oxygens (including phenoxy) is 1. The molecule has 3 rings (SSSR count). The van der Waals surface area contributed by atoms with Gasteiger partial charge in [0.1, 0.15) is 5.75 Å². The number of carbonyl (C=O) groups excluding carboxylic acids is 1. The van der Waals surface area contributed by atoms with Gasteiger partial charge < -0.3 is 15.0 Å². The number of methoxy groups -OCH3 is 1. The van der Waals surface area contributed by atoms with Crippen LogP contribution < -0.4 is 15.6 Å². The van der Waals surface area contributed by atoms with Gasteiger partial charge in [-0.15, -0.1) is 0 Å². The van der Waals surface area contributed by atoms with Crippen LogP contribution >= 0.6 is 23.4 Å². The van der Waals surface area contributed by atoms with E-state index in [2.05, 4.69) is 15.3 Å². The van der Waals surface area contributed by atoms with Crippen molar-refractivity contribution in [1.29, 1.82) is 0 Å². The first-order valence-corrected chi connectivity index (χ1v) is 9.80. The van der Waals surface area contributed by atoms with Crippen LogP contribution in [0.2, 0.25) is 5.02 Å². The predicted octanol–water partition coefficient (Wildman–Crippen LogP) is 3.91. The van der Waals surface area contributed by atoms with E-state index in [1.54, 1.807) is 18.2 Å². The third kappa shape index (κ3) is 5.61. The molecular formula is C20H18ClN3O3S. The highest BCUT2D eigenvalue weighted by molar-refractivity contribution is 7.98. The summed E-state index contributed by atoms with van der Waals surface area (Å²) < 4.78 is 5.22. The van der Waals surface area contributed by atoms with Crippen LogP contribution in [-0.2, 0) is 17.0 Å². The Morgan fingerprint density at radius 2 is 2.00 bits per heavy atom. The molecule has 2 N–H and O–H groups in total. The molecule has 8 heteroatoms. The first kappa shape index (κ1) is 20.0. The Kier molecular flexibility index (Phi) is 6.73. The summed E-state index contributed by atoms with van der Waals surface area (Å²) in [4.78, 5) is 31.4. The molecule has 3 aromatic rings. The number of thioether (sulfide) groups is 1. The number of nitrogens with zero attached hydrogens (tertiary/aromatic N) is 1. The predicted molar refractivity (Wildman–Crippen MR) is 111 cm³/mol. The van der Waals surface area contributed by atoms with Gasteiger partial charge in [-0.1, -0.05) is 53.7 Å². The van der Waals surface area contributed by atoms with Gasteiger partial charge in [0.05, 0.1) is 24.9 Å². The summed E-state index contributed by atoms with van der Waals surface area (Å²) in [5.41, 5.74) is 1.67. The van der Waals surface area contributed by atoms with Crippen molar-refractivity contribution in [1.82, 2.24) is 9.97 Å². The number of aromatic nitrogens is 2. The number of halogens is 1. The molecule has 2 aromatic carbocycles. The normalized spacial score (nSPS) is 10.5. The Bertz CT molecular complexity index is 1020. The van der Waals surface area contributed by atoms with Gasteiger partial charge in [0.15, 0.2) is 5.16 Å². The quantitative estimate of drug-likeness (QED) is 0.451. The number of anilines is 1. The number of aromatic amines is 1. The van der Waals surface area contributed by atoms with Crippen molar-refractivity contribution in [3.8, 4) is 5.75 Å². The fourth-order valence-corrected chi connectivity index (χ4v) is 3.53. The molecule has 28 heavy (non-hydrogen) atoms. The Morgan fingerprint density at radius 1 is 1.21 bits per heavy atom. The zero-order chi connectivity index (χ0) is 19.9. The van der Waals surface area contributed by atoms with Crippen LogP contribution in [0.25, 0.3) is 0 Å². The second-order valence-electron chi connectivity index (χ2n) is 5.89. The summed E-state index contributed by atoms with van der Waals surface area (Å²) in [5.74, 6) is 0.840. The van der Waals surface area contributed by atoms with E-state index < -0.39 is 0 Å². The summed E-state index contributed by atoms with van der Waals surface area (Å²) in [5, 5.41) is 3.69. The lowest BCUT2D eigenvalue weighted by Gasteiger charge is -2.10. The Balaban J connectivity index is 1.68. The number of hydrogen-bond donors (Lipinski definition) is 2. The monoisotopic (exact) mass is 415 g/mol. The van der Waals surface area contributed by atoms with Crippen molar-refractivity contribution in [2.45, 2.75) is 17.3 Å². The molecule has 0 atom stereocenters. The lowest BCUT2D eigenvalue weighted by Crippen LogP contribution is -2.18. The number of hydrogen-bond acceptors (Lipinski definition) is 5. The van der Waals surface area contributed by atoms with Gasteiger partial charge in [-0.3, -0.25) is 9.59 Å². The van der Waals surface area contributed by atoms with Crippen molar-refractivity contribution < 1.29 is 9.53 Å². The smallest absolute Gasteiger partial charge is 0.251 e. The summed E-state index contributed by atoms with van der Waals surface area (Å²) in [6.45, 7) is 0. The molecular weight excluding hydrogens is 398 g/mol. The molecule has 0 bridgehead atoms. The molecule has 0 unspecified atom stereocenters. The summed E-state index contributed by atoms with van der Waals surface area (Å²) in [7, 11) is 1.51. The highest BCUT2D eigenvalue weighted by atomic mass is 35.5. The molecule has 0 saturated heterocycles. The van der Waals surface area contributed by atoms with Crippen LogP contribution in [0.15, 0.2) is 64.5 Å². The van der Waals surface area contributed by atoms with Gasteiger partial charge in [0.2, 0.25) is 5.91 Å². The third-order valence-corrected chi connectivity index (χ3v) is 4.95. The van der Waals surface area contributed by atoms with Gasteiger partial charge in [-0.25, -0.2) is 4.98 Å². The van der Waals surface area contributed by atoms with E-state index in [0.29, 0.717) is 33.1 Å². The average Bonchev–Trinajstić information content (AvgIpc) is 2.67. The molecule has 0 fully saturated rings. The van der Waals surface area contributed by atoms with E-state index in [1.807, 2.05) is 30.3 Å². The van der Waals surface area contributed by atoms with E-state index in [0.717, 1.165) is 5.56 Å². The minimum Gasteiger partial charge on any atom is -0.495 e. The topological polar surface area (TPSA) is 84.1 Å². The third-order valence-electron chi connectivity index (χ3n) is 3.77. The molecule has 1 aromatic heterocycles. The van der Waals surface area contributed by atoms with Gasteiger partial charge in [-0.05, 0) is 23.8 Å². The molecule has 0 aliphatic heterocycles. The molecule has 0 aliphatic rings. The Morgan fingerprint density at radius 3 is 2.75 bits per heavy atom. The van der Waals surface area contributed by atoms with Crippen molar-refractivity contribution in [2.24, 2.45) is 0 Å². The van der Waals surface area contributed by atoms with Crippen LogP contribution in [0, 0.1) is 0 Å². The zero-order valence-corrected chi connectivity index (χ0v) is 16.6. The number of nitrogens with one attached hydrogen (secondary N) is 2. The Hall–Kier alpha value is -2.77. The second-order valence-corrected chi connectivity index (χ2v) is 7.29. The molecule has 0 aliphatic carbocycles. The van der Waals surface area contributed by atoms with Gasteiger partial charge in [-0.2, -0.15) is 0 Å². The molecule has 1 amide bonds. The molecule has 1 heterocycles. The zero-order valence-electron chi connectivity index (χ0n) is 15.1. The highest BCUT2D eigenvalue weighted by Gasteiger charge is 2.11. The number of amides is 1. The Labute approximate surface area is 171 Å². The number of H-pyrrole nitrogens is 1. The van der Waals surface area contributed by atoms with E-state index in [1.165, 1.54) is 24.9 Å². The molecule has 0 radical (unpaired) electrons. The summed E-state index contributed by atoms with van der Waals surface area (Å²) in [6.07, 6.45) is -0.0432. The van der Waals surface area contributed by atoms with Gasteiger partial charge >= 0.3 is 0 Å². The minimum absolute atomic E-state index is 0.0432. The van der Waals surface area contributed by atoms with Crippen LogP contribution in [0.3, 0.4) is 0 Å². The summed E-state index contributed by atoms with van der Waals surface area (Å²) in [6, 6.07) is 16.1. The maximum absolute atomic E-state index is 12.4. The van der Waals surface area contributed by atoms with Crippen LogP contribution in [0.1, 0.15) is 11.3 Å². The van der Waals surface area contributed by atoms with Crippen molar-refractivity contribution in [3.05, 3.63) is 81.2 Å². The number of benzene rings is 2. The SMILES string of the molecule is COc1ccc(Cl)cc1NC(=O)Cc1cc(=O)[nH]c(SCc2ccccc2)n1. The van der Waals surface area contributed by atoms with Gasteiger partial charge in [0, 0.05) is 16.8 Å².